The Hall–Kier alpha value is -0.790. The minimum absolute atomic E-state index is 0.789. The Kier molecular flexibility index (Phi) is 12.9. The van der Waals surface area contributed by atoms with Crippen LogP contribution >= 0.6 is 0 Å². The van der Waals surface area contributed by atoms with Crippen molar-refractivity contribution in [3.8, 4) is 0 Å². The second-order valence-electron chi connectivity index (χ2n) is 7.96. The molecule has 140 valence electrons. The van der Waals surface area contributed by atoms with Crippen LogP contribution in [0, 0.1) is 5.92 Å². The largest absolute Gasteiger partial charge is 0.243 e. The molecule has 24 heavy (non-hydrogen) atoms. The first-order chi connectivity index (χ1) is 11.7. The lowest BCUT2D eigenvalue weighted by atomic mass is 10.1. The summed E-state index contributed by atoms with van der Waals surface area (Å²) >= 11 is 0. The average molecular weight is 336 g/mol. The third-order valence-electron chi connectivity index (χ3n) is 4.98. The van der Waals surface area contributed by atoms with Gasteiger partial charge >= 0.3 is 0 Å². The zero-order chi connectivity index (χ0) is 17.5. The summed E-state index contributed by atoms with van der Waals surface area (Å²) < 4.78 is 4.69. The molecule has 0 saturated heterocycles. The van der Waals surface area contributed by atoms with Gasteiger partial charge in [0.15, 0.2) is 0 Å². The van der Waals surface area contributed by atoms with E-state index in [1.54, 1.807) is 0 Å². The topological polar surface area (TPSA) is 8.81 Å². The maximum absolute atomic E-state index is 2.36. The van der Waals surface area contributed by atoms with E-state index in [1.165, 1.54) is 90.0 Å². The first-order valence-electron chi connectivity index (χ1n) is 10.8. The predicted molar refractivity (Wildman–Crippen MR) is 105 cm³/mol. The molecule has 0 aliphatic heterocycles. The average Bonchev–Trinajstić information content (AvgIpc) is 3.02. The third-order valence-corrected chi connectivity index (χ3v) is 4.98. The van der Waals surface area contributed by atoms with Gasteiger partial charge in [-0.3, -0.25) is 0 Å². The molecule has 2 nitrogen and oxygen atoms in total. The van der Waals surface area contributed by atoms with Gasteiger partial charge in [-0.2, -0.15) is 0 Å². The molecule has 1 heterocycles. The molecule has 1 aromatic rings. The van der Waals surface area contributed by atoms with Crippen LogP contribution in [0.3, 0.4) is 0 Å². The molecule has 0 aromatic carbocycles. The van der Waals surface area contributed by atoms with Crippen molar-refractivity contribution in [3.63, 3.8) is 0 Å². The number of hydrogen-bond acceptors (Lipinski definition) is 0. The van der Waals surface area contributed by atoms with Gasteiger partial charge < -0.3 is 0 Å². The lowest BCUT2D eigenvalue weighted by Crippen LogP contribution is -2.30. The highest BCUT2D eigenvalue weighted by Crippen LogP contribution is 2.11. The molecule has 0 saturated carbocycles. The summed E-state index contributed by atoms with van der Waals surface area (Å²) in [5, 5.41) is 0. The van der Waals surface area contributed by atoms with Gasteiger partial charge in [0.25, 0.3) is 0 Å². The number of nitrogens with zero attached hydrogens (tertiary/aromatic N) is 2. The SMILES string of the molecule is CCCCCCCCCCCCCC[n+]1ccn(CCC(C)C)c1. The zero-order valence-electron chi connectivity index (χ0n) is 16.8. The molecule has 0 amide bonds. The lowest BCUT2D eigenvalue weighted by molar-refractivity contribution is -0.696. The van der Waals surface area contributed by atoms with Gasteiger partial charge in [-0.05, 0) is 25.2 Å². The van der Waals surface area contributed by atoms with Crippen LogP contribution < -0.4 is 4.57 Å². The van der Waals surface area contributed by atoms with Crippen molar-refractivity contribution in [3.05, 3.63) is 18.7 Å². The van der Waals surface area contributed by atoms with E-state index >= 15 is 0 Å². The minimum Gasteiger partial charge on any atom is -0.237 e. The highest BCUT2D eigenvalue weighted by molar-refractivity contribution is 4.66. The molecule has 1 aromatic heterocycles. The highest BCUT2D eigenvalue weighted by Gasteiger charge is 2.04. The van der Waals surface area contributed by atoms with Crippen LogP contribution in [-0.2, 0) is 13.1 Å². The number of imidazole rings is 1. The van der Waals surface area contributed by atoms with Crippen LogP contribution in [0.4, 0.5) is 0 Å². The monoisotopic (exact) mass is 335 g/mol. The van der Waals surface area contributed by atoms with Crippen LogP contribution in [0.15, 0.2) is 18.7 Å². The second-order valence-corrected chi connectivity index (χ2v) is 7.96. The number of unbranched alkanes of at least 4 members (excludes halogenated alkanes) is 11. The number of rotatable bonds is 16. The summed E-state index contributed by atoms with van der Waals surface area (Å²) in [4.78, 5) is 0. The minimum atomic E-state index is 0.789. The van der Waals surface area contributed by atoms with Crippen molar-refractivity contribution in [2.75, 3.05) is 0 Å². The van der Waals surface area contributed by atoms with Crippen LogP contribution in [0.25, 0.3) is 0 Å². The highest BCUT2D eigenvalue weighted by atomic mass is 15.1. The van der Waals surface area contributed by atoms with E-state index in [0.717, 1.165) is 12.5 Å². The van der Waals surface area contributed by atoms with Crippen LogP contribution in [0.2, 0.25) is 0 Å². The first-order valence-corrected chi connectivity index (χ1v) is 10.8. The molecule has 0 N–H and O–H groups in total. The summed E-state index contributed by atoms with van der Waals surface area (Å²) in [7, 11) is 0. The maximum Gasteiger partial charge on any atom is 0.243 e. The fourth-order valence-corrected chi connectivity index (χ4v) is 3.25. The molecule has 0 atom stereocenters. The predicted octanol–water partition coefficient (Wildman–Crippen LogP) is 6.52. The van der Waals surface area contributed by atoms with E-state index in [9.17, 15) is 0 Å². The van der Waals surface area contributed by atoms with Gasteiger partial charge in [-0.1, -0.05) is 85.0 Å². The van der Waals surface area contributed by atoms with Crippen molar-refractivity contribution in [2.24, 2.45) is 5.92 Å². The summed E-state index contributed by atoms with van der Waals surface area (Å²) in [6.07, 6.45) is 25.1. The summed E-state index contributed by atoms with van der Waals surface area (Å²) in [5.41, 5.74) is 0. The van der Waals surface area contributed by atoms with Gasteiger partial charge in [0.2, 0.25) is 6.33 Å². The Bertz CT molecular complexity index is 381. The van der Waals surface area contributed by atoms with Crippen molar-refractivity contribution < 1.29 is 4.57 Å². The van der Waals surface area contributed by atoms with Crippen LogP contribution in [0.5, 0.6) is 0 Å². The quantitative estimate of drug-likeness (QED) is 0.240. The smallest absolute Gasteiger partial charge is 0.237 e. The molecule has 0 radical (unpaired) electrons. The van der Waals surface area contributed by atoms with E-state index in [1.807, 2.05) is 0 Å². The van der Waals surface area contributed by atoms with Gasteiger partial charge in [0.05, 0.1) is 13.1 Å². The second kappa shape index (κ2) is 14.5. The summed E-state index contributed by atoms with van der Waals surface area (Å²) in [6, 6.07) is 0. The van der Waals surface area contributed by atoms with E-state index < -0.39 is 0 Å². The van der Waals surface area contributed by atoms with Crippen molar-refractivity contribution >= 4 is 0 Å². The Balaban J connectivity index is 1.88. The Morgan fingerprint density at radius 1 is 0.792 bits per heavy atom. The van der Waals surface area contributed by atoms with E-state index in [0.29, 0.717) is 0 Å². The molecule has 0 spiro atoms. The molecular formula is C22H43N2+. The molecule has 0 aliphatic carbocycles. The van der Waals surface area contributed by atoms with Crippen molar-refractivity contribution in [1.29, 1.82) is 0 Å². The van der Waals surface area contributed by atoms with Gasteiger partial charge in [0, 0.05) is 0 Å². The van der Waals surface area contributed by atoms with Gasteiger partial charge in [0.1, 0.15) is 12.4 Å². The van der Waals surface area contributed by atoms with Crippen molar-refractivity contribution in [1.82, 2.24) is 4.57 Å². The Labute approximate surface area is 151 Å². The fraction of sp³-hybridized carbons (Fsp3) is 0.864. The molecule has 0 aliphatic rings. The molecule has 0 fully saturated rings. The molecule has 1 rings (SSSR count). The molecular weight excluding hydrogens is 292 g/mol. The van der Waals surface area contributed by atoms with Crippen LogP contribution in [0.1, 0.15) is 104 Å². The third kappa shape index (κ3) is 11.7. The zero-order valence-corrected chi connectivity index (χ0v) is 16.8. The molecule has 0 bridgehead atoms. The van der Waals surface area contributed by atoms with E-state index in [2.05, 4.69) is 48.6 Å². The molecule has 2 heteroatoms. The van der Waals surface area contributed by atoms with Crippen LogP contribution in [-0.4, -0.2) is 4.57 Å². The standard InChI is InChI=1S/C22H43N2/c1-4-5-6-7-8-9-10-11-12-13-14-15-17-23-19-20-24(21-23)18-16-22(2)3/h19-22H,4-18H2,1-3H3/q+1. The lowest BCUT2D eigenvalue weighted by Gasteiger charge is -2.02. The fourth-order valence-electron chi connectivity index (χ4n) is 3.25. The Morgan fingerprint density at radius 3 is 1.88 bits per heavy atom. The van der Waals surface area contributed by atoms with E-state index in [-0.39, 0.29) is 0 Å². The first kappa shape index (κ1) is 21.3. The maximum atomic E-state index is 2.36. The van der Waals surface area contributed by atoms with Crippen molar-refractivity contribution in [2.45, 2.75) is 117 Å². The van der Waals surface area contributed by atoms with Gasteiger partial charge in [-0.25, -0.2) is 9.13 Å². The van der Waals surface area contributed by atoms with Gasteiger partial charge in [-0.15, -0.1) is 0 Å². The molecule has 0 unspecified atom stereocenters. The number of aryl methyl sites for hydroxylation is 2. The number of hydrogen-bond donors (Lipinski definition) is 0. The Morgan fingerprint density at radius 2 is 1.33 bits per heavy atom. The number of aromatic nitrogens is 2. The summed E-state index contributed by atoms with van der Waals surface area (Å²) in [6.45, 7) is 9.23. The van der Waals surface area contributed by atoms with E-state index in [4.69, 9.17) is 0 Å². The normalized spacial score (nSPS) is 11.5. The summed E-state index contributed by atoms with van der Waals surface area (Å²) in [5.74, 6) is 0.789.